The maximum Gasteiger partial charge on any atom is 0.133 e. The highest BCUT2D eigenvalue weighted by atomic mass is 19.1. The Kier molecular flexibility index (Phi) is 4.27. The summed E-state index contributed by atoms with van der Waals surface area (Å²) in [4.78, 5) is 0. The molecule has 2 aromatic rings. The van der Waals surface area contributed by atoms with Crippen molar-refractivity contribution in [2.24, 2.45) is 0 Å². The quantitative estimate of drug-likeness (QED) is 0.900. The molecule has 0 amide bonds. The molecule has 1 heterocycles. The summed E-state index contributed by atoms with van der Waals surface area (Å²) in [5.41, 5.74) is 1.08. The van der Waals surface area contributed by atoms with Crippen LogP contribution >= 0.6 is 0 Å². The molecule has 2 rings (SSSR count). The largest absolute Gasteiger partial charge is 0.361 e. The Hall–Kier alpha value is -1.75. The fourth-order valence-corrected chi connectivity index (χ4v) is 1.98. The average molecular weight is 266 g/mol. The SMILES string of the molecule is CCC(NCc1cc(C)on1)c1cc(F)ccc1F. The number of benzene rings is 1. The summed E-state index contributed by atoms with van der Waals surface area (Å²) in [7, 11) is 0. The van der Waals surface area contributed by atoms with Gasteiger partial charge in [-0.2, -0.15) is 0 Å². The van der Waals surface area contributed by atoms with Crippen molar-refractivity contribution in [3.63, 3.8) is 0 Å². The lowest BCUT2D eigenvalue weighted by atomic mass is 10.0. The average Bonchev–Trinajstić information content (AvgIpc) is 2.80. The lowest BCUT2D eigenvalue weighted by molar-refractivity contribution is 0.384. The Morgan fingerprint density at radius 3 is 2.74 bits per heavy atom. The number of nitrogens with one attached hydrogen (secondary N) is 1. The van der Waals surface area contributed by atoms with E-state index < -0.39 is 11.6 Å². The van der Waals surface area contributed by atoms with Crippen LogP contribution in [0, 0.1) is 18.6 Å². The van der Waals surface area contributed by atoms with Crippen LogP contribution in [0.15, 0.2) is 28.8 Å². The Morgan fingerprint density at radius 1 is 1.32 bits per heavy atom. The Balaban J connectivity index is 2.09. The van der Waals surface area contributed by atoms with Gasteiger partial charge in [-0.15, -0.1) is 0 Å². The molecular formula is C14H16F2N2O. The van der Waals surface area contributed by atoms with Gasteiger partial charge in [-0.3, -0.25) is 0 Å². The molecule has 0 radical (unpaired) electrons. The van der Waals surface area contributed by atoms with E-state index in [-0.39, 0.29) is 6.04 Å². The van der Waals surface area contributed by atoms with Gasteiger partial charge in [0.15, 0.2) is 0 Å². The first-order chi connectivity index (χ1) is 9.10. The van der Waals surface area contributed by atoms with Crippen LogP contribution in [0.4, 0.5) is 8.78 Å². The van der Waals surface area contributed by atoms with Gasteiger partial charge in [0.25, 0.3) is 0 Å². The minimum atomic E-state index is -0.436. The fraction of sp³-hybridized carbons (Fsp3) is 0.357. The molecule has 0 aliphatic carbocycles. The van der Waals surface area contributed by atoms with Gasteiger partial charge in [0, 0.05) is 24.2 Å². The van der Waals surface area contributed by atoms with Crippen LogP contribution in [-0.2, 0) is 6.54 Å². The number of nitrogens with zero attached hydrogens (tertiary/aromatic N) is 1. The molecule has 0 aliphatic heterocycles. The van der Waals surface area contributed by atoms with Gasteiger partial charge >= 0.3 is 0 Å². The molecule has 0 bridgehead atoms. The minimum absolute atomic E-state index is 0.257. The van der Waals surface area contributed by atoms with Crippen LogP contribution < -0.4 is 5.32 Å². The van der Waals surface area contributed by atoms with Crippen molar-refractivity contribution >= 4 is 0 Å². The van der Waals surface area contributed by atoms with Crippen LogP contribution in [0.25, 0.3) is 0 Å². The Bertz CT molecular complexity index is 554. The first-order valence-corrected chi connectivity index (χ1v) is 6.20. The van der Waals surface area contributed by atoms with Crippen molar-refractivity contribution in [2.75, 3.05) is 0 Å². The maximum atomic E-state index is 13.7. The molecule has 1 N–H and O–H groups in total. The van der Waals surface area contributed by atoms with Crippen molar-refractivity contribution in [1.29, 1.82) is 0 Å². The van der Waals surface area contributed by atoms with Crippen molar-refractivity contribution in [1.82, 2.24) is 10.5 Å². The summed E-state index contributed by atoms with van der Waals surface area (Å²) >= 11 is 0. The molecular weight excluding hydrogens is 250 g/mol. The topological polar surface area (TPSA) is 38.1 Å². The number of rotatable bonds is 5. The number of hydrogen-bond acceptors (Lipinski definition) is 3. The highest BCUT2D eigenvalue weighted by Gasteiger charge is 2.15. The molecule has 1 atom stereocenters. The third-order valence-corrected chi connectivity index (χ3v) is 2.95. The second-order valence-electron chi connectivity index (χ2n) is 4.44. The van der Waals surface area contributed by atoms with Crippen LogP contribution in [0.1, 0.15) is 36.4 Å². The van der Waals surface area contributed by atoms with E-state index >= 15 is 0 Å². The molecule has 0 saturated carbocycles. The van der Waals surface area contributed by atoms with Crippen LogP contribution in [0.2, 0.25) is 0 Å². The van der Waals surface area contributed by atoms with Crippen molar-refractivity contribution in [2.45, 2.75) is 32.9 Å². The van der Waals surface area contributed by atoms with Gasteiger partial charge in [-0.05, 0) is 31.5 Å². The summed E-state index contributed by atoms with van der Waals surface area (Å²) < 4.78 is 31.8. The Labute approximate surface area is 110 Å². The highest BCUT2D eigenvalue weighted by molar-refractivity contribution is 5.22. The summed E-state index contributed by atoms with van der Waals surface area (Å²) in [5, 5.41) is 7.00. The van der Waals surface area contributed by atoms with E-state index in [1.165, 1.54) is 6.07 Å². The number of hydrogen-bond donors (Lipinski definition) is 1. The van der Waals surface area contributed by atoms with Crippen LogP contribution in [0.5, 0.6) is 0 Å². The lowest BCUT2D eigenvalue weighted by Crippen LogP contribution is -2.21. The standard InChI is InChI=1S/C14H16F2N2O/c1-3-14(12-7-10(15)4-5-13(12)16)17-8-11-6-9(2)19-18-11/h4-7,14,17H,3,8H2,1-2H3. The molecule has 0 fully saturated rings. The van der Waals surface area contributed by atoms with Crippen molar-refractivity contribution in [3.8, 4) is 0 Å². The maximum absolute atomic E-state index is 13.7. The van der Waals surface area contributed by atoms with Gasteiger partial charge in [0.2, 0.25) is 0 Å². The predicted molar refractivity (Wildman–Crippen MR) is 67.5 cm³/mol. The van der Waals surface area contributed by atoms with E-state index in [1.807, 2.05) is 13.0 Å². The zero-order chi connectivity index (χ0) is 13.8. The Morgan fingerprint density at radius 2 is 2.11 bits per heavy atom. The molecule has 3 nitrogen and oxygen atoms in total. The van der Waals surface area contributed by atoms with Gasteiger partial charge in [-0.25, -0.2) is 8.78 Å². The third kappa shape index (κ3) is 3.38. The smallest absolute Gasteiger partial charge is 0.133 e. The normalized spacial score (nSPS) is 12.6. The summed E-state index contributed by atoms with van der Waals surface area (Å²) in [6.07, 6.45) is 0.650. The zero-order valence-electron chi connectivity index (χ0n) is 10.9. The monoisotopic (exact) mass is 266 g/mol. The minimum Gasteiger partial charge on any atom is -0.361 e. The van der Waals surface area contributed by atoms with E-state index in [0.29, 0.717) is 18.5 Å². The predicted octanol–water partition coefficient (Wildman–Crippen LogP) is 3.50. The summed E-state index contributed by atoms with van der Waals surface area (Å²) in [6.45, 7) is 4.17. The van der Waals surface area contributed by atoms with Gasteiger partial charge in [0.1, 0.15) is 17.4 Å². The van der Waals surface area contributed by atoms with E-state index in [4.69, 9.17) is 4.52 Å². The second kappa shape index (κ2) is 5.93. The number of halogens is 2. The molecule has 19 heavy (non-hydrogen) atoms. The molecule has 1 aromatic carbocycles. The third-order valence-electron chi connectivity index (χ3n) is 2.95. The molecule has 1 unspecified atom stereocenters. The number of aromatic nitrogens is 1. The lowest BCUT2D eigenvalue weighted by Gasteiger charge is -2.17. The second-order valence-corrected chi connectivity index (χ2v) is 4.44. The van der Waals surface area contributed by atoms with E-state index in [9.17, 15) is 8.78 Å². The van der Waals surface area contributed by atoms with Gasteiger partial charge in [0.05, 0.1) is 5.69 Å². The summed E-state index contributed by atoms with van der Waals surface area (Å²) in [5.74, 6) is -0.118. The first kappa shape index (κ1) is 13.7. The molecule has 1 aromatic heterocycles. The molecule has 0 aliphatic rings. The number of aryl methyl sites for hydroxylation is 1. The molecule has 0 spiro atoms. The summed E-state index contributed by atoms with van der Waals surface area (Å²) in [6, 6.07) is 5.04. The van der Waals surface area contributed by atoms with E-state index in [1.54, 1.807) is 6.92 Å². The van der Waals surface area contributed by atoms with Crippen LogP contribution in [0.3, 0.4) is 0 Å². The van der Waals surface area contributed by atoms with Crippen LogP contribution in [-0.4, -0.2) is 5.16 Å². The highest BCUT2D eigenvalue weighted by Crippen LogP contribution is 2.21. The first-order valence-electron chi connectivity index (χ1n) is 6.20. The molecule has 0 saturated heterocycles. The zero-order valence-corrected chi connectivity index (χ0v) is 10.9. The van der Waals surface area contributed by atoms with Crippen molar-refractivity contribution in [3.05, 3.63) is 52.9 Å². The van der Waals surface area contributed by atoms with Gasteiger partial charge < -0.3 is 9.84 Å². The van der Waals surface area contributed by atoms with Crippen molar-refractivity contribution < 1.29 is 13.3 Å². The van der Waals surface area contributed by atoms with Gasteiger partial charge in [-0.1, -0.05) is 12.1 Å². The van der Waals surface area contributed by atoms with E-state index in [2.05, 4.69) is 10.5 Å². The molecule has 5 heteroatoms. The molecule has 102 valence electrons. The fourth-order valence-electron chi connectivity index (χ4n) is 1.98. The van der Waals surface area contributed by atoms with E-state index in [0.717, 1.165) is 23.6 Å².